The minimum Gasteiger partial charge on any atom is -0.305 e. The maximum atomic E-state index is 13.2. The molecule has 3 aromatic rings. The van der Waals surface area contributed by atoms with Crippen LogP contribution in [0.5, 0.6) is 0 Å². The summed E-state index contributed by atoms with van der Waals surface area (Å²) in [6, 6.07) is 17.9. The molecule has 0 saturated heterocycles. The van der Waals surface area contributed by atoms with Gasteiger partial charge >= 0.3 is 0 Å². The van der Waals surface area contributed by atoms with Crippen LogP contribution in [-0.4, -0.2) is 27.4 Å². The Kier molecular flexibility index (Phi) is 5.43. The van der Waals surface area contributed by atoms with Gasteiger partial charge in [0.15, 0.2) is 5.84 Å². The number of nitrogens with one attached hydrogen (secondary N) is 2. The molecule has 0 spiro atoms. The fraction of sp³-hybridized carbons (Fsp3) is 0.0833. The Balaban J connectivity index is 1.80. The van der Waals surface area contributed by atoms with E-state index in [0.29, 0.717) is 22.6 Å². The minimum atomic E-state index is -0.468. The summed E-state index contributed by atoms with van der Waals surface area (Å²) < 4.78 is 1.40. The second-order valence-corrected chi connectivity index (χ2v) is 7.32. The number of H-pyrrole nitrogens is 1. The average Bonchev–Trinajstić information content (AvgIpc) is 3.26. The summed E-state index contributed by atoms with van der Waals surface area (Å²) >= 11 is 0. The van der Waals surface area contributed by atoms with E-state index in [0.717, 1.165) is 0 Å². The first-order valence-electron chi connectivity index (χ1n) is 9.91. The smallest absolute Gasteiger partial charge is 0.282 e. The molecule has 160 valence electrons. The second-order valence-electron chi connectivity index (χ2n) is 7.32. The molecular formula is C24H21N5O3. The number of aromatic amines is 1. The van der Waals surface area contributed by atoms with Crippen molar-refractivity contribution in [2.24, 2.45) is 5.10 Å². The Morgan fingerprint density at radius 1 is 1.03 bits per heavy atom. The van der Waals surface area contributed by atoms with E-state index in [9.17, 15) is 14.4 Å². The number of benzene rings is 2. The van der Waals surface area contributed by atoms with Crippen LogP contribution in [0.2, 0.25) is 0 Å². The largest absolute Gasteiger partial charge is 0.305 e. The number of para-hydroxylation sites is 2. The van der Waals surface area contributed by atoms with Gasteiger partial charge in [0.2, 0.25) is 0 Å². The Morgan fingerprint density at radius 3 is 2.22 bits per heavy atom. The van der Waals surface area contributed by atoms with E-state index in [2.05, 4.69) is 22.1 Å². The summed E-state index contributed by atoms with van der Waals surface area (Å²) in [5, 5.41) is 11.1. The Labute approximate surface area is 184 Å². The maximum Gasteiger partial charge on any atom is 0.282 e. The van der Waals surface area contributed by atoms with Crippen molar-refractivity contribution in [3.63, 3.8) is 0 Å². The highest BCUT2D eigenvalue weighted by atomic mass is 16.2. The van der Waals surface area contributed by atoms with Crippen LogP contribution >= 0.6 is 0 Å². The molecule has 0 atom stereocenters. The van der Waals surface area contributed by atoms with Crippen molar-refractivity contribution in [1.82, 2.24) is 15.1 Å². The first-order chi connectivity index (χ1) is 15.4. The standard InChI is InChI=1S/C24H21N5O3/c1-15(2)22(30)25-21-20(24(32)29(27-21)18-12-8-5-9-13-18)14-19-16(3)26-28(23(19)31)17-10-6-4-7-11-17/h4-14,26H,1H2,2-3H3,(H,25,27,30). The van der Waals surface area contributed by atoms with Gasteiger partial charge in [-0.25, -0.2) is 4.68 Å². The summed E-state index contributed by atoms with van der Waals surface area (Å²) in [4.78, 5) is 38.6. The molecule has 0 aliphatic carbocycles. The zero-order valence-corrected chi connectivity index (χ0v) is 17.6. The van der Waals surface area contributed by atoms with Crippen LogP contribution in [0.1, 0.15) is 18.2 Å². The predicted molar refractivity (Wildman–Crippen MR) is 123 cm³/mol. The molecule has 4 rings (SSSR count). The molecule has 0 saturated carbocycles. The van der Waals surface area contributed by atoms with Gasteiger partial charge in [-0.05, 0) is 44.2 Å². The number of hydrogen-bond acceptors (Lipinski definition) is 4. The van der Waals surface area contributed by atoms with E-state index >= 15 is 0 Å². The van der Waals surface area contributed by atoms with Gasteiger partial charge in [0.1, 0.15) is 0 Å². The number of amidine groups is 1. The molecular weight excluding hydrogens is 406 g/mol. The van der Waals surface area contributed by atoms with Gasteiger partial charge in [0.25, 0.3) is 17.4 Å². The Morgan fingerprint density at radius 2 is 1.62 bits per heavy atom. The summed E-state index contributed by atoms with van der Waals surface area (Å²) in [7, 11) is 0. The first kappa shape index (κ1) is 20.8. The summed E-state index contributed by atoms with van der Waals surface area (Å²) in [6.45, 7) is 6.92. The predicted octanol–water partition coefficient (Wildman–Crippen LogP) is 2.91. The number of rotatable bonds is 4. The van der Waals surface area contributed by atoms with Gasteiger partial charge in [-0.15, -0.1) is 5.10 Å². The minimum absolute atomic E-state index is 0.0538. The van der Waals surface area contributed by atoms with Gasteiger partial charge < -0.3 is 5.32 Å². The fourth-order valence-electron chi connectivity index (χ4n) is 3.23. The van der Waals surface area contributed by atoms with E-state index in [-0.39, 0.29) is 22.5 Å². The zero-order valence-electron chi connectivity index (χ0n) is 17.6. The highest BCUT2D eigenvalue weighted by molar-refractivity contribution is 6.34. The molecule has 0 bridgehead atoms. The van der Waals surface area contributed by atoms with Crippen LogP contribution < -0.4 is 15.9 Å². The van der Waals surface area contributed by atoms with Crippen molar-refractivity contribution >= 4 is 29.4 Å². The Bertz CT molecular complexity index is 1330. The third kappa shape index (κ3) is 3.81. The zero-order chi connectivity index (χ0) is 22.8. The van der Waals surface area contributed by atoms with Crippen molar-refractivity contribution < 1.29 is 9.59 Å². The Hall–Kier alpha value is -4.46. The molecule has 1 aromatic heterocycles. The number of anilines is 1. The summed E-state index contributed by atoms with van der Waals surface area (Å²) in [5.74, 6) is -0.873. The number of aromatic nitrogens is 2. The van der Waals surface area contributed by atoms with E-state index in [1.54, 1.807) is 50.2 Å². The third-order valence-corrected chi connectivity index (χ3v) is 4.92. The maximum absolute atomic E-state index is 13.2. The molecule has 2 aromatic carbocycles. The number of aryl methyl sites for hydroxylation is 1. The average molecular weight is 427 g/mol. The molecule has 1 aliphatic heterocycles. The molecule has 0 fully saturated rings. The van der Waals surface area contributed by atoms with Gasteiger partial charge in [-0.3, -0.25) is 19.5 Å². The summed E-state index contributed by atoms with van der Waals surface area (Å²) in [6.07, 6.45) is 1.45. The van der Waals surface area contributed by atoms with Gasteiger partial charge in [-0.2, -0.15) is 5.01 Å². The number of hydrogen-bond donors (Lipinski definition) is 2. The van der Waals surface area contributed by atoms with E-state index in [1.807, 2.05) is 24.3 Å². The van der Waals surface area contributed by atoms with Crippen molar-refractivity contribution in [2.75, 3.05) is 5.01 Å². The van der Waals surface area contributed by atoms with Crippen LogP contribution in [0.25, 0.3) is 11.8 Å². The number of carbonyl (C=O) groups is 2. The third-order valence-electron chi connectivity index (χ3n) is 4.92. The normalized spacial score (nSPS) is 14.6. The molecule has 2 N–H and O–H groups in total. The van der Waals surface area contributed by atoms with Crippen molar-refractivity contribution in [2.45, 2.75) is 13.8 Å². The van der Waals surface area contributed by atoms with Crippen molar-refractivity contribution in [3.8, 4) is 5.69 Å². The van der Waals surface area contributed by atoms with Gasteiger partial charge in [0, 0.05) is 11.3 Å². The SMILES string of the molecule is C=C(C)C(=O)NC1=NN(c2ccccc2)C(=O)C1=Cc1c(C)[nH]n(-c2ccccc2)c1=O. The fourth-order valence-corrected chi connectivity index (χ4v) is 3.23. The van der Waals surface area contributed by atoms with Crippen LogP contribution in [-0.2, 0) is 9.59 Å². The van der Waals surface area contributed by atoms with Crippen LogP contribution in [0, 0.1) is 6.92 Å². The molecule has 2 heterocycles. The van der Waals surface area contributed by atoms with Crippen LogP contribution in [0.15, 0.2) is 88.3 Å². The molecule has 8 heteroatoms. The van der Waals surface area contributed by atoms with Crippen molar-refractivity contribution in [1.29, 1.82) is 0 Å². The monoisotopic (exact) mass is 427 g/mol. The molecule has 1 aliphatic rings. The van der Waals surface area contributed by atoms with Gasteiger partial charge in [-0.1, -0.05) is 43.0 Å². The van der Waals surface area contributed by atoms with Crippen LogP contribution in [0.3, 0.4) is 0 Å². The van der Waals surface area contributed by atoms with Gasteiger partial charge in [0.05, 0.1) is 22.5 Å². The topological polar surface area (TPSA) is 99.6 Å². The molecule has 32 heavy (non-hydrogen) atoms. The lowest BCUT2D eigenvalue weighted by Crippen LogP contribution is -2.32. The number of carbonyl (C=O) groups excluding carboxylic acids is 2. The lowest BCUT2D eigenvalue weighted by molar-refractivity contribution is -0.116. The molecule has 8 nitrogen and oxygen atoms in total. The highest BCUT2D eigenvalue weighted by Crippen LogP contribution is 2.24. The van der Waals surface area contributed by atoms with E-state index in [1.165, 1.54) is 15.8 Å². The van der Waals surface area contributed by atoms with E-state index < -0.39 is 11.8 Å². The molecule has 0 unspecified atom stereocenters. The second kappa shape index (κ2) is 8.35. The molecule has 0 radical (unpaired) electrons. The van der Waals surface area contributed by atoms with E-state index in [4.69, 9.17) is 0 Å². The van der Waals surface area contributed by atoms with Crippen molar-refractivity contribution in [3.05, 3.63) is 100.0 Å². The first-order valence-corrected chi connectivity index (χ1v) is 9.91. The number of amides is 2. The lowest BCUT2D eigenvalue weighted by atomic mass is 10.1. The highest BCUT2D eigenvalue weighted by Gasteiger charge is 2.33. The van der Waals surface area contributed by atoms with Crippen LogP contribution in [0.4, 0.5) is 5.69 Å². The number of nitrogens with zero attached hydrogens (tertiary/aromatic N) is 3. The molecule has 2 amide bonds. The summed E-state index contributed by atoms with van der Waals surface area (Å²) in [5.41, 5.74) is 2.11. The quantitative estimate of drug-likeness (QED) is 0.626. The number of hydrazone groups is 1. The lowest BCUT2D eigenvalue weighted by Gasteiger charge is -2.10.